The summed E-state index contributed by atoms with van der Waals surface area (Å²) in [4.78, 5) is 27.4. The molecule has 0 bridgehead atoms. The van der Waals surface area contributed by atoms with E-state index in [0.29, 0.717) is 12.2 Å². The van der Waals surface area contributed by atoms with E-state index in [4.69, 9.17) is 23.1 Å². The number of nitrogen functional groups attached to an aromatic ring is 1. The first-order valence-corrected chi connectivity index (χ1v) is 10.1. The van der Waals surface area contributed by atoms with Crippen LogP contribution in [-0.4, -0.2) is 40.0 Å². The molecule has 0 saturated carbocycles. The zero-order valence-corrected chi connectivity index (χ0v) is 17.3. The standard InChI is InChI=1S/C21H21ClFN7O/c22-13-4-1-6-27-18(13)19-14(23)9-15(25)20(29-19)21(31)28-16-10-26-7-5-17(16)30-8-2-3-12(24)11-30/h1,4-7,9-10,12H,2-3,8,11,24-25H2,(H,28,31). The predicted octanol–water partition coefficient (Wildman–Crippen LogP) is 3.09. The number of carbonyl (C=O) groups excluding carboxylic acids is 1. The second-order valence-corrected chi connectivity index (χ2v) is 7.69. The predicted molar refractivity (Wildman–Crippen MR) is 118 cm³/mol. The van der Waals surface area contributed by atoms with E-state index in [1.807, 2.05) is 6.07 Å². The van der Waals surface area contributed by atoms with E-state index in [9.17, 15) is 9.18 Å². The quantitative estimate of drug-likeness (QED) is 0.568. The lowest BCUT2D eigenvalue weighted by Gasteiger charge is -2.33. The molecule has 1 saturated heterocycles. The summed E-state index contributed by atoms with van der Waals surface area (Å²) in [7, 11) is 0. The Hall–Kier alpha value is -3.30. The highest BCUT2D eigenvalue weighted by molar-refractivity contribution is 6.32. The molecule has 4 heterocycles. The number of anilines is 3. The van der Waals surface area contributed by atoms with Gasteiger partial charge in [-0.15, -0.1) is 0 Å². The minimum absolute atomic E-state index is 0.0607. The molecule has 1 aliphatic rings. The lowest BCUT2D eigenvalue weighted by atomic mass is 10.1. The van der Waals surface area contributed by atoms with Crippen LogP contribution in [0.3, 0.4) is 0 Å². The van der Waals surface area contributed by atoms with Crippen LogP contribution >= 0.6 is 11.6 Å². The third-order valence-corrected chi connectivity index (χ3v) is 5.35. The van der Waals surface area contributed by atoms with Crippen molar-refractivity contribution in [2.24, 2.45) is 5.73 Å². The number of carbonyl (C=O) groups is 1. The Bertz CT molecular complexity index is 1130. The molecule has 0 radical (unpaired) electrons. The molecule has 4 rings (SSSR count). The van der Waals surface area contributed by atoms with Gasteiger partial charge in [0.1, 0.15) is 11.4 Å². The molecule has 1 unspecified atom stereocenters. The summed E-state index contributed by atoms with van der Waals surface area (Å²) >= 11 is 6.13. The highest BCUT2D eigenvalue weighted by Gasteiger charge is 2.23. The van der Waals surface area contributed by atoms with Crippen molar-refractivity contribution in [3.8, 4) is 11.4 Å². The Kier molecular flexibility index (Phi) is 5.97. The molecule has 3 aromatic heterocycles. The van der Waals surface area contributed by atoms with Crippen LogP contribution in [0.2, 0.25) is 5.02 Å². The van der Waals surface area contributed by atoms with Crippen LogP contribution in [0.4, 0.5) is 21.5 Å². The van der Waals surface area contributed by atoms with Gasteiger partial charge in [0.2, 0.25) is 0 Å². The van der Waals surface area contributed by atoms with Crippen molar-refractivity contribution in [3.05, 3.63) is 59.4 Å². The second kappa shape index (κ2) is 8.83. The number of amides is 1. The van der Waals surface area contributed by atoms with Crippen molar-refractivity contribution in [1.82, 2.24) is 15.0 Å². The fourth-order valence-electron chi connectivity index (χ4n) is 3.58. The minimum atomic E-state index is -0.723. The van der Waals surface area contributed by atoms with Gasteiger partial charge in [0, 0.05) is 37.6 Å². The molecular formula is C21H21ClFN7O. The molecule has 1 amide bonds. The van der Waals surface area contributed by atoms with E-state index in [1.54, 1.807) is 24.5 Å². The van der Waals surface area contributed by atoms with Crippen LogP contribution in [0.1, 0.15) is 23.3 Å². The van der Waals surface area contributed by atoms with E-state index < -0.39 is 11.7 Å². The number of nitrogens with one attached hydrogen (secondary N) is 1. The second-order valence-electron chi connectivity index (χ2n) is 7.29. The molecule has 160 valence electrons. The van der Waals surface area contributed by atoms with Gasteiger partial charge in [-0.25, -0.2) is 9.37 Å². The highest BCUT2D eigenvalue weighted by Crippen LogP contribution is 2.30. The summed E-state index contributed by atoms with van der Waals surface area (Å²) in [6, 6.07) is 6.09. The summed E-state index contributed by atoms with van der Waals surface area (Å²) in [5.74, 6) is -1.32. The van der Waals surface area contributed by atoms with Crippen LogP contribution < -0.4 is 21.7 Å². The van der Waals surface area contributed by atoms with Gasteiger partial charge >= 0.3 is 0 Å². The molecule has 0 spiro atoms. The molecule has 1 atom stereocenters. The maximum atomic E-state index is 14.5. The first-order chi connectivity index (χ1) is 14.9. The Morgan fingerprint density at radius 1 is 1.29 bits per heavy atom. The van der Waals surface area contributed by atoms with Crippen molar-refractivity contribution < 1.29 is 9.18 Å². The zero-order chi connectivity index (χ0) is 22.0. The third kappa shape index (κ3) is 4.42. The van der Waals surface area contributed by atoms with E-state index in [1.165, 1.54) is 6.20 Å². The van der Waals surface area contributed by atoms with Crippen LogP contribution in [0.15, 0.2) is 42.9 Å². The average molecular weight is 442 g/mol. The van der Waals surface area contributed by atoms with E-state index >= 15 is 0 Å². The van der Waals surface area contributed by atoms with Gasteiger partial charge < -0.3 is 21.7 Å². The van der Waals surface area contributed by atoms with Crippen molar-refractivity contribution >= 4 is 34.6 Å². The number of halogens is 2. The van der Waals surface area contributed by atoms with Crippen LogP contribution in [-0.2, 0) is 0 Å². The molecule has 31 heavy (non-hydrogen) atoms. The molecule has 3 aromatic rings. The number of pyridine rings is 3. The zero-order valence-electron chi connectivity index (χ0n) is 16.6. The van der Waals surface area contributed by atoms with Crippen molar-refractivity contribution in [1.29, 1.82) is 0 Å². The first kappa shape index (κ1) is 21.0. The summed E-state index contributed by atoms with van der Waals surface area (Å²) in [6.45, 7) is 1.49. The number of aromatic nitrogens is 3. The number of rotatable bonds is 4. The first-order valence-electron chi connectivity index (χ1n) is 9.77. The van der Waals surface area contributed by atoms with Crippen molar-refractivity contribution in [2.45, 2.75) is 18.9 Å². The smallest absolute Gasteiger partial charge is 0.276 e. The Balaban J connectivity index is 1.66. The van der Waals surface area contributed by atoms with Gasteiger partial charge in [-0.2, -0.15) is 0 Å². The largest absolute Gasteiger partial charge is 0.397 e. The molecule has 0 aliphatic carbocycles. The van der Waals surface area contributed by atoms with Crippen molar-refractivity contribution in [2.75, 3.05) is 29.0 Å². The summed E-state index contributed by atoms with van der Waals surface area (Å²) in [6.07, 6.45) is 6.57. The molecule has 0 aromatic carbocycles. The lowest BCUT2D eigenvalue weighted by molar-refractivity contribution is 0.102. The van der Waals surface area contributed by atoms with E-state index in [0.717, 1.165) is 31.1 Å². The van der Waals surface area contributed by atoms with Gasteiger partial charge in [-0.3, -0.25) is 14.8 Å². The number of piperidine rings is 1. The van der Waals surface area contributed by atoms with Gasteiger partial charge in [0.25, 0.3) is 5.91 Å². The molecule has 1 aliphatic heterocycles. The molecule has 5 N–H and O–H groups in total. The number of hydrogen-bond acceptors (Lipinski definition) is 7. The molecule has 8 nitrogen and oxygen atoms in total. The van der Waals surface area contributed by atoms with Gasteiger partial charge in [0.05, 0.1) is 28.3 Å². The van der Waals surface area contributed by atoms with Crippen LogP contribution in [0.5, 0.6) is 0 Å². The minimum Gasteiger partial charge on any atom is -0.397 e. The monoisotopic (exact) mass is 441 g/mol. The number of nitrogens with two attached hydrogens (primary N) is 2. The Morgan fingerprint density at radius 2 is 2.13 bits per heavy atom. The third-order valence-electron chi connectivity index (χ3n) is 5.05. The van der Waals surface area contributed by atoms with Gasteiger partial charge in [-0.05, 0) is 31.0 Å². The summed E-state index contributed by atoms with van der Waals surface area (Å²) in [5.41, 5.74) is 13.0. The Morgan fingerprint density at radius 3 is 2.90 bits per heavy atom. The SMILES string of the molecule is Nc1cc(F)c(-c2ncccc2Cl)nc1C(=O)Nc1cnccc1N1CCCC(N)C1. The summed E-state index contributed by atoms with van der Waals surface area (Å²) < 4.78 is 14.5. The molecular weight excluding hydrogens is 421 g/mol. The van der Waals surface area contributed by atoms with Crippen LogP contribution in [0.25, 0.3) is 11.4 Å². The normalized spacial score (nSPS) is 16.2. The van der Waals surface area contributed by atoms with Gasteiger partial charge in [0.15, 0.2) is 11.5 Å². The average Bonchev–Trinajstić information content (AvgIpc) is 2.75. The fourth-order valence-corrected chi connectivity index (χ4v) is 3.79. The maximum Gasteiger partial charge on any atom is 0.276 e. The van der Waals surface area contributed by atoms with Crippen LogP contribution in [0, 0.1) is 5.82 Å². The highest BCUT2D eigenvalue weighted by atomic mass is 35.5. The van der Waals surface area contributed by atoms with Gasteiger partial charge in [-0.1, -0.05) is 11.6 Å². The summed E-state index contributed by atoms with van der Waals surface area (Å²) in [5, 5.41) is 3.00. The van der Waals surface area contributed by atoms with E-state index in [-0.39, 0.29) is 33.8 Å². The molecule has 10 heteroatoms. The maximum absolute atomic E-state index is 14.5. The topological polar surface area (TPSA) is 123 Å². The lowest BCUT2D eigenvalue weighted by Crippen LogP contribution is -2.43. The molecule has 1 fully saturated rings. The van der Waals surface area contributed by atoms with Crippen molar-refractivity contribution in [3.63, 3.8) is 0 Å². The number of nitrogens with zero attached hydrogens (tertiary/aromatic N) is 4. The number of hydrogen-bond donors (Lipinski definition) is 3. The fraction of sp³-hybridized carbons (Fsp3) is 0.238. The van der Waals surface area contributed by atoms with E-state index in [2.05, 4.69) is 25.2 Å². The Labute approximate surface area is 183 Å².